The third kappa shape index (κ3) is 6.37. The minimum Gasteiger partial charge on any atom is -0.493 e. The van der Waals surface area contributed by atoms with Gasteiger partial charge in [-0.2, -0.15) is 0 Å². The number of anilines is 1. The van der Waals surface area contributed by atoms with Gasteiger partial charge >= 0.3 is 5.97 Å². The van der Waals surface area contributed by atoms with Gasteiger partial charge in [-0.05, 0) is 72.6 Å². The van der Waals surface area contributed by atoms with E-state index in [-0.39, 0.29) is 17.8 Å². The molecule has 0 radical (unpaired) electrons. The lowest BCUT2D eigenvalue weighted by molar-refractivity contribution is -0.117. The normalized spacial score (nSPS) is 14.6. The van der Waals surface area contributed by atoms with E-state index in [1.165, 1.54) is 7.11 Å². The van der Waals surface area contributed by atoms with Crippen LogP contribution in [0.2, 0.25) is 0 Å². The molecular weight excluding hydrogens is 502 g/mol. The SMILES string of the molecule is COC(=O)c1ccc(OCC2CC(=O)N(c3ccc(OCc4cc(OC)c(OC)c(OC)c4)cc3)C2)cc1C. The van der Waals surface area contributed by atoms with Crippen LogP contribution in [0.1, 0.15) is 27.9 Å². The van der Waals surface area contributed by atoms with Crippen LogP contribution >= 0.6 is 0 Å². The summed E-state index contributed by atoms with van der Waals surface area (Å²) in [4.78, 5) is 26.3. The van der Waals surface area contributed by atoms with Gasteiger partial charge < -0.3 is 33.3 Å². The lowest BCUT2D eigenvalue weighted by Gasteiger charge is -2.18. The largest absolute Gasteiger partial charge is 0.493 e. The van der Waals surface area contributed by atoms with E-state index >= 15 is 0 Å². The number of benzene rings is 3. The number of carbonyl (C=O) groups is 2. The van der Waals surface area contributed by atoms with E-state index in [1.807, 2.05) is 43.3 Å². The van der Waals surface area contributed by atoms with Crippen LogP contribution in [0.15, 0.2) is 54.6 Å². The Bertz CT molecular complexity index is 1300. The Morgan fingerprint density at radius 3 is 2.13 bits per heavy atom. The van der Waals surface area contributed by atoms with Crippen LogP contribution < -0.4 is 28.6 Å². The maximum atomic E-state index is 12.7. The number of hydrogen-bond acceptors (Lipinski definition) is 8. The Morgan fingerprint density at radius 2 is 1.54 bits per heavy atom. The molecule has 1 heterocycles. The molecule has 4 rings (SSSR count). The molecule has 1 amide bonds. The highest BCUT2D eigenvalue weighted by atomic mass is 16.5. The summed E-state index contributed by atoms with van der Waals surface area (Å²) >= 11 is 0. The molecule has 0 N–H and O–H groups in total. The monoisotopic (exact) mass is 535 g/mol. The highest BCUT2D eigenvalue weighted by molar-refractivity contribution is 5.95. The molecule has 1 unspecified atom stereocenters. The van der Waals surface area contributed by atoms with E-state index in [0.717, 1.165) is 16.8 Å². The third-order valence-corrected chi connectivity index (χ3v) is 6.57. The summed E-state index contributed by atoms with van der Waals surface area (Å²) in [5, 5.41) is 0. The fourth-order valence-corrected chi connectivity index (χ4v) is 4.53. The number of amides is 1. The molecule has 206 valence electrons. The predicted octanol–water partition coefficient (Wildman–Crippen LogP) is 4.82. The van der Waals surface area contributed by atoms with Gasteiger partial charge in [-0.1, -0.05) is 0 Å². The Kier molecular flexibility index (Phi) is 8.81. The number of methoxy groups -OCH3 is 4. The highest BCUT2D eigenvalue weighted by Gasteiger charge is 2.31. The van der Waals surface area contributed by atoms with Crippen LogP contribution in [0, 0.1) is 12.8 Å². The molecule has 3 aromatic rings. The average Bonchev–Trinajstić information content (AvgIpc) is 3.34. The molecule has 1 fully saturated rings. The number of rotatable bonds is 11. The lowest BCUT2D eigenvalue weighted by atomic mass is 10.1. The van der Waals surface area contributed by atoms with Gasteiger partial charge in [0.1, 0.15) is 18.1 Å². The fourth-order valence-electron chi connectivity index (χ4n) is 4.53. The summed E-state index contributed by atoms with van der Waals surface area (Å²) in [5.41, 5.74) is 2.95. The zero-order chi connectivity index (χ0) is 27.9. The van der Waals surface area contributed by atoms with Crippen LogP contribution in [-0.2, 0) is 16.1 Å². The van der Waals surface area contributed by atoms with Crippen LogP contribution in [0.5, 0.6) is 28.7 Å². The van der Waals surface area contributed by atoms with E-state index in [4.69, 9.17) is 28.4 Å². The average molecular weight is 536 g/mol. The van der Waals surface area contributed by atoms with Gasteiger partial charge in [0, 0.05) is 24.6 Å². The van der Waals surface area contributed by atoms with E-state index in [0.29, 0.717) is 60.5 Å². The smallest absolute Gasteiger partial charge is 0.338 e. The van der Waals surface area contributed by atoms with Crippen molar-refractivity contribution in [3.05, 3.63) is 71.3 Å². The van der Waals surface area contributed by atoms with Gasteiger partial charge in [-0.3, -0.25) is 4.79 Å². The van der Waals surface area contributed by atoms with Gasteiger partial charge in [0.2, 0.25) is 11.7 Å². The van der Waals surface area contributed by atoms with Crippen molar-refractivity contribution < 1.29 is 38.0 Å². The summed E-state index contributed by atoms with van der Waals surface area (Å²) in [5.74, 6) is 2.69. The maximum absolute atomic E-state index is 12.7. The summed E-state index contributed by atoms with van der Waals surface area (Å²) in [6, 6.07) is 16.4. The Hall–Kier alpha value is -4.40. The molecule has 9 heteroatoms. The van der Waals surface area contributed by atoms with Crippen molar-refractivity contribution >= 4 is 17.6 Å². The molecule has 1 aliphatic rings. The van der Waals surface area contributed by atoms with Gasteiger partial charge in [0.05, 0.1) is 40.6 Å². The first-order valence-electron chi connectivity index (χ1n) is 12.5. The first-order chi connectivity index (χ1) is 18.9. The second kappa shape index (κ2) is 12.4. The quantitative estimate of drug-likeness (QED) is 0.323. The number of esters is 1. The molecule has 0 aromatic heterocycles. The molecule has 0 aliphatic carbocycles. The number of hydrogen-bond donors (Lipinski definition) is 0. The molecular formula is C30H33NO8. The molecule has 0 spiro atoms. The van der Waals surface area contributed by atoms with Crippen molar-refractivity contribution in [1.29, 1.82) is 0 Å². The zero-order valence-electron chi connectivity index (χ0n) is 22.8. The van der Waals surface area contributed by atoms with Gasteiger partial charge in [-0.15, -0.1) is 0 Å². The van der Waals surface area contributed by atoms with Gasteiger partial charge in [-0.25, -0.2) is 4.79 Å². The number of nitrogens with zero attached hydrogens (tertiary/aromatic N) is 1. The Morgan fingerprint density at radius 1 is 0.872 bits per heavy atom. The van der Waals surface area contributed by atoms with Crippen molar-refractivity contribution in [2.24, 2.45) is 5.92 Å². The van der Waals surface area contributed by atoms with E-state index < -0.39 is 0 Å². The lowest BCUT2D eigenvalue weighted by Crippen LogP contribution is -2.25. The molecule has 1 atom stereocenters. The summed E-state index contributed by atoms with van der Waals surface area (Å²) < 4.78 is 32.8. The minimum atomic E-state index is -0.381. The van der Waals surface area contributed by atoms with Crippen molar-refractivity contribution in [2.75, 3.05) is 46.5 Å². The van der Waals surface area contributed by atoms with Crippen LogP contribution in [0.3, 0.4) is 0 Å². The molecule has 0 bridgehead atoms. The van der Waals surface area contributed by atoms with Gasteiger partial charge in [0.15, 0.2) is 11.5 Å². The summed E-state index contributed by atoms with van der Waals surface area (Å²) in [7, 11) is 6.06. The molecule has 1 aliphatic heterocycles. The van der Waals surface area contributed by atoms with Gasteiger partial charge in [0.25, 0.3) is 0 Å². The topological polar surface area (TPSA) is 92.8 Å². The second-order valence-corrected chi connectivity index (χ2v) is 9.17. The highest BCUT2D eigenvalue weighted by Crippen LogP contribution is 2.38. The van der Waals surface area contributed by atoms with Crippen LogP contribution in [0.4, 0.5) is 5.69 Å². The van der Waals surface area contributed by atoms with Crippen LogP contribution in [0.25, 0.3) is 0 Å². The molecule has 39 heavy (non-hydrogen) atoms. The van der Waals surface area contributed by atoms with Crippen molar-refractivity contribution in [2.45, 2.75) is 20.0 Å². The molecule has 9 nitrogen and oxygen atoms in total. The summed E-state index contributed by atoms with van der Waals surface area (Å²) in [6.45, 7) is 3.09. The van der Waals surface area contributed by atoms with Crippen molar-refractivity contribution in [1.82, 2.24) is 0 Å². The molecule has 0 saturated carbocycles. The second-order valence-electron chi connectivity index (χ2n) is 9.17. The van der Waals surface area contributed by atoms with E-state index in [9.17, 15) is 9.59 Å². The third-order valence-electron chi connectivity index (χ3n) is 6.57. The molecule has 3 aromatic carbocycles. The fraction of sp³-hybridized carbons (Fsp3) is 0.333. The number of carbonyl (C=O) groups excluding carboxylic acids is 2. The number of aryl methyl sites for hydroxylation is 1. The number of ether oxygens (including phenoxy) is 6. The minimum absolute atomic E-state index is 0.0481. The first-order valence-corrected chi connectivity index (χ1v) is 12.5. The standard InChI is InChI=1S/C30H33NO8/c1-19-12-24(10-11-25(19)30(33)37-5)39-18-21-15-28(32)31(16-21)22-6-8-23(9-7-22)38-17-20-13-26(34-2)29(36-4)27(14-20)35-3/h6-14,21H,15-18H2,1-5H3. The van der Waals surface area contributed by atoms with E-state index in [2.05, 4.69) is 0 Å². The summed E-state index contributed by atoms with van der Waals surface area (Å²) in [6.07, 6.45) is 0.401. The van der Waals surface area contributed by atoms with Crippen LogP contribution in [-0.4, -0.2) is 53.5 Å². The van der Waals surface area contributed by atoms with E-state index in [1.54, 1.807) is 44.4 Å². The zero-order valence-corrected chi connectivity index (χ0v) is 22.8. The molecule has 1 saturated heterocycles. The van der Waals surface area contributed by atoms with Crippen molar-refractivity contribution in [3.63, 3.8) is 0 Å². The predicted molar refractivity (Wildman–Crippen MR) is 145 cm³/mol. The van der Waals surface area contributed by atoms with Crippen molar-refractivity contribution in [3.8, 4) is 28.7 Å². The Labute approximate surface area is 228 Å². The first kappa shape index (κ1) is 27.6. The maximum Gasteiger partial charge on any atom is 0.338 e. The Balaban J connectivity index is 1.33.